The van der Waals surface area contributed by atoms with E-state index in [-0.39, 0.29) is 17.7 Å². The summed E-state index contributed by atoms with van der Waals surface area (Å²) in [6, 6.07) is 27.0. The average Bonchev–Trinajstić information content (AvgIpc) is 2.84. The molecule has 0 saturated heterocycles. The molecule has 1 aliphatic heterocycles. The van der Waals surface area contributed by atoms with Crippen molar-refractivity contribution in [2.45, 2.75) is 31.7 Å². The van der Waals surface area contributed by atoms with E-state index in [4.69, 9.17) is 0 Å². The van der Waals surface area contributed by atoms with E-state index in [0.717, 1.165) is 34.1 Å². The first kappa shape index (κ1) is 19.0. The predicted octanol–water partition coefficient (Wildman–Crippen LogP) is 6.61. The fourth-order valence-corrected chi connectivity index (χ4v) is 5.43. The van der Waals surface area contributed by atoms with Crippen LogP contribution in [0.15, 0.2) is 90.6 Å². The van der Waals surface area contributed by atoms with Crippen molar-refractivity contribution in [1.29, 1.82) is 0 Å². The van der Waals surface area contributed by atoms with Crippen molar-refractivity contribution < 1.29 is 4.79 Å². The summed E-state index contributed by atoms with van der Waals surface area (Å²) in [5.74, 6) is 0.435. The molecule has 6 rings (SSSR count). The van der Waals surface area contributed by atoms with E-state index in [0.29, 0.717) is 6.42 Å². The molecule has 2 heterocycles. The highest BCUT2D eigenvalue weighted by atomic mass is 16.1. The number of benzene rings is 3. The van der Waals surface area contributed by atoms with Gasteiger partial charge in [0.25, 0.3) is 0 Å². The highest BCUT2D eigenvalue weighted by molar-refractivity contribution is 6.12. The minimum atomic E-state index is -0.128. The maximum absolute atomic E-state index is 13.7. The summed E-state index contributed by atoms with van der Waals surface area (Å²) >= 11 is 0. The van der Waals surface area contributed by atoms with Gasteiger partial charge in [-0.25, -0.2) is 0 Å². The Morgan fingerprint density at radius 1 is 0.875 bits per heavy atom. The molecular formula is C29H24N2O. The van der Waals surface area contributed by atoms with E-state index in [1.165, 1.54) is 22.3 Å². The molecule has 1 aromatic heterocycles. The van der Waals surface area contributed by atoms with Crippen LogP contribution in [0.4, 0.5) is 5.69 Å². The minimum Gasteiger partial charge on any atom is -0.373 e. The Labute approximate surface area is 187 Å². The number of pyridine rings is 1. The molecule has 0 fully saturated rings. The first-order valence-electron chi connectivity index (χ1n) is 11.2. The molecule has 0 amide bonds. The molecule has 0 radical (unpaired) electrons. The number of nitrogens with one attached hydrogen (secondary N) is 1. The van der Waals surface area contributed by atoms with Crippen molar-refractivity contribution >= 4 is 27.9 Å². The van der Waals surface area contributed by atoms with Crippen LogP contribution in [0.5, 0.6) is 0 Å². The van der Waals surface area contributed by atoms with Gasteiger partial charge in [-0.05, 0) is 59.7 Å². The molecule has 2 unspecified atom stereocenters. The van der Waals surface area contributed by atoms with Gasteiger partial charge in [-0.3, -0.25) is 9.78 Å². The first-order chi connectivity index (χ1) is 15.7. The van der Waals surface area contributed by atoms with Crippen LogP contribution in [-0.4, -0.2) is 10.8 Å². The van der Waals surface area contributed by atoms with Crippen LogP contribution in [0, 0.1) is 6.92 Å². The van der Waals surface area contributed by atoms with E-state index >= 15 is 0 Å². The summed E-state index contributed by atoms with van der Waals surface area (Å²) in [7, 11) is 0. The number of allylic oxidation sites excluding steroid dienone is 1. The van der Waals surface area contributed by atoms with Gasteiger partial charge in [0, 0.05) is 34.8 Å². The largest absolute Gasteiger partial charge is 0.373 e. The van der Waals surface area contributed by atoms with Crippen LogP contribution >= 0.6 is 0 Å². The Morgan fingerprint density at radius 3 is 2.53 bits per heavy atom. The van der Waals surface area contributed by atoms with E-state index < -0.39 is 0 Å². The number of aryl methyl sites for hydroxylation is 1. The topological polar surface area (TPSA) is 42.0 Å². The molecule has 3 nitrogen and oxygen atoms in total. The van der Waals surface area contributed by atoms with Crippen LogP contribution in [0.2, 0.25) is 0 Å². The molecule has 1 N–H and O–H groups in total. The number of nitrogens with zero attached hydrogens (tertiary/aromatic N) is 1. The van der Waals surface area contributed by atoms with Crippen molar-refractivity contribution in [3.63, 3.8) is 0 Å². The maximum Gasteiger partial charge on any atom is 0.162 e. The van der Waals surface area contributed by atoms with Gasteiger partial charge in [0.1, 0.15) is 0 Å². The average molecular weight is 417 g/mol. The maximum atomic E-state index is 13.7. The molecule has 4 aromatic rings. The highest BCUT2D eigenvalue weighted by Crippen LogP contribution is 2.51. The smallest absolute Gasteiger partial charge is 0.162 e. The Hall–Kier alpha value is -3.72. The quantitative estimate of drug-likeness (QED) is 0.400. The number of aromatic nitrogens is 1. The zero-order chi connectivity index (χ0) is 21.7. The van der Waals surface area contributed by atoms with Crippen LogP contribution in [0.25, 0.3) is 16.5 Å². The first-order valence-corrected chi connectivity index (χ1v) is 11.2. The third-order valence-electron chi connectivity index (χ3n) is 6.95. The number of rotatable bonds is 2. The molecule has 2 atom stereocenters. The van der Waals surface area contributed by atoms with Gasteiger partial charge in [-0.15, -0.1) is 0 Å². The molecule has 0 saturated carbocycles. The summed E-state index contributed by atoms with van der Waals surface area (Å²) < 4.78 is 0. The lowest BCUT2D eigenvalue weighted by molar-refractivity contribution is -0.116. The lowest BCUT2D eigenvalue weighted by Gasteiger charge is -2.38. The van der Waals surface area contributed by atoms with Crippen molar-refractivity contribution in [2.75, 3.05) is 5.32 Å². The molecular weight excluding hydrogens is 392 g/mol. The second-order valence-electron chi connectivity index (χ2n) is 8.82. The number of hydrogen-bond donors (Lipinski definition) is 1. The number of carbonyl (C=O) groups excluding carboxylic acids is 1. The standard InChI is InChI=1S/C29H24N2O/c1-18-8-5-6-11-21(18)29-28-23(16-20(17-26(28)32)19-9-3-2-4-10-19)27-22-12-7-15-30-24(22)13-14-25(27)31-29/h2-15,20,29,31H,16-17H2,1H3. The number of fused-ring (bicyclic) bond motifs is 4. The van der Waals surface area contributed by atoms with Gasteiger partial charge in [0.2, 0.25) is 0 Å². The monoisotopic (exact) mass is 416 g/mol. The van der Waals surface area contributed by atoms with Crippen LogP contribution < -0.4 is 5.32 Å². The van der Waals surface area contributed by atoms with Crippen LogP contribution in [-0.2, 0) is 4.79 Å². The normalized spacial score (nSPS) is 20.0. The van der Waals surface area contributed by atoms with Gasteiger partial charge in [-0.1, -0.05) is 60.7 Å². The Bertz CT molecular complexity index is 1390. The molecule has 1 aliphatic carbocycles. The van der Waals surface area contributed by atoms with Gasteiger partial charge >= 0.3 is 0 Å². The van der Waals surface area contributed by atoms with Crippen LogP contribution in [0.3, 0.4) is 0 Å². The zero-order valence-electron chi connectivity index (χ0n) is 18.0. The lowest BCUT2D eigenvalue weighted by atomic mass is 9.71. The molecule has 2 aliphatic rings. The second kappa shape index (κ2) is 7.45. The van der Waals surface area contributed by atoms with Crippen molar-refractivity contribution in [1.82, 2.24) is 4.98 Å². The van der Waals surface area contributed by atoms with Gasteiger partial charge in [0.05, 0.1) is 11.6 Å². The Kier molecular flexibility index (Phi) is 4.43. The van der Waals surface area contributed by atoms with Gasteiger partial charge in [-0.2, -0.15) is 0 Å². The summed E-state index contributed by atoms with van der Waals surface area (Å²) in [6.45, 7) is 2.12. The number of ketones is 1. The van der Waals surface area contributed by atoms with E-state index in [2.05, 4.69) is 84.0 Å². The fraction of sp³-hybridized carbons (Fsp3) is 0.172. The van der Waals surface area contributed by atoms with Crippen molar-refractivity contribution in [3.8, 4) is 0 Å². The molecule has 0 spiro atoms. The van der Waals surface area contributed by atoms with Gasteiger partial charge in [0.15, 0.2) is 5.78 Å². The molecule has 3 heteroatoms. The third kappa shape index (κ3) is 2.96. The summed E-state index contributed by atoms with van der Waals surface area (Å²) in [5.41, 5.74) is 8.89. The summed E-state index contributed by atoms with van der Waals surface area (Å²) in [5, 5.41) is 4.83. The number of carbonyl (C=O) groups is 1. The second-order valence-corrected chi connectivity index (χ2v) is 8.82. The van der Waals surface area contributed by atoms with E-state index in [9.17, 15) is 4.79 Å². The SMILES string of the molecule is Cc1ccccc1C1Nc2ccc3ncccc3c2C2=C1C(=O)CC(c1ccccc1)C2. The van der Waals surface area contributed by atoms with Crippen LogP contribution in [0.1, 0.15) is 47.1 Å². The Morgan fingerprint density at radius 2 is 1.69 bits per heavy atom. The van der Waals surface area contributed by atoms with Gasteiger partial charge < -0.3 is 5.32 Å². The number of anilines is 1. The predicted molar refractivity (Wildman–Crippen MR) is 130 cm³/mol. The number of hydrogen-bond acceptors (Lipinski definition) is 3. The summed E-state index contributed by atoms with van der Waals surface area (Å²) in [6.07, 6.45) is 3.23. The molecule has 32 heavy (non-hydrogen) atoms. The summed E-state index contributed by atoms with van der Waals surface area (Å²) in [4.78, 5) is 18.3. The molecule has 0 bridgehead atoms. The fourth-order valence-electron chi connectivity index (χ4n) is 5.43. The zero-order valence-corrected chi connectivity index (χ0v) is 18.0. The van der Waals surface area contributed by atoms with Crippen molar-refractivity contribution in [2.24, 2.45) is 0 Å². The lowest BCUT2D eigenvalue weighted by Crippen LogP contribution is -2.30. The van der Waals surface area contributed by atoms with E-state index in [1.54, 1.807) is 0 Å². The minimum absolute atomic E-state index is 0.128. The highest BCUT2D eigenvalue weighted by Gasteiger charge is 2.38. The molecule has 3 aromatic carbocycles. The molecule has 156 valence electrons. The Balaban J connectivity index is 1.60. The van der Waals surface area contributed by atoms with Crippen molar-refractivity contribution in [3.05, 3.63) is 113 Å². The third-order valence-corrected chi connectivity index (χ3v) is 6.95. The number of Topliss-reactive ketones (excluding diaryl/α,β-unsaturated/α-hetero) is 1. The van der Waals surface area contributed by atoms with E-state index in [1.807, 2.05) is 18.3 Å².